The van der Waals surface area contributed by atoms with E-state index in [0.717, 1.165) is 15.5 Å². The van der Waals surface area contributed by atoms with Gasteiger partial charge in [0.25, 0.3) is 0 Å². The largest absolute Gasteiger partial charge is 0.340 e. The first-order valence-electron chi connectivity index (χ1n) is 6.73. The van der Waals surface area contributed by atoms with E-state index in [2.05, 4.69) is 80.1 Å². The molecule has 0 radical (unpaired) electrons. The summed E-state index contributed by atoms with van der Waals surface area (Å²) in [7, 11) is 0. The maximum absolute atomic E-state index is 3.58. The molecule has 1 nitrogen and oxygen atoms in total. The van der Waals surface area contributed by atoms with Gasteiger partial charge in [0.1, 0.15) is 0 Å². The Kier molecular flexibility index (Phi) is 6.24. The van der Waals surface area contributed by atoms with E-state index in [4.69, 9.17) is 0 Å². The maximum Gasteiger partial charge on any atom is 0.0553 e. The van der Waals surface area contributed by atoms with Crippen molar-refractivity contribution in [2.75, 3.05) is 11.4 Å². The molecule has 0 saturated carbocycles. The fraction of sp³-hybridized carbons (Fsp3) is 0.250. The zero-order valence-corrected chi connectivity index (χ0v) is 17.3. The Labute approximate surface area is 157 Å². The summed E-state index contributed by atoms with van der Waals surface area (Å²) >= 11 is 9.00. The van der Waals surface area contributed by atoms with Crippen LogP contribution in [0.2, 0.25) is 0 Å². The number of benzene rings is 2. The number of fused-ring (bicyclic) bond motifs is 2. The quantitative estimate of drug-likeness (QED) is 0.445. The van der Waals surface area contributed by atoms with Crippen molar-refractivity contribution in [2.45, 2.75) is 29.6 Å². The Morgan fingerprint density at radius 1 is 0.952 bits per heavy atom. The lowest BCUT2D eigenvalue weighted by atomic mass is 10.2. The molecule has 0 atom stereocenters. The Morgan fingerprint density at radius 2 is 1.48 bits per heavy atom. The molecule has 0 unspecified atom stereocenters. The van der Waals surface area contributed by atoms with E-state index in [1.807, 2.05) is 11.8 Å². The number of nitrogens with zero attached hydrogens (tertiary/aromatic N) is 1. The van der Waals surface area contributed by atoms with Crippen LogP contribution in [0, 0.1) is 0 Å². The summed E-state index contributed by atoms with van der Waals surface area (Å²) in [5.41, 5.74) is 2.64. The summed E-state index contributed by atoms with van der Waals surface area (Å²) < 4.78 is 2.27. The highest BCUT2D eigenvalue weighted by Gasteiger charge is 2.23. The number of halogens is 3. The lowest BCUT2D eigenvalue weighted by molar-refractivity contribution is 0.777. The fourth-order valence-corrected chi connectivity index (χ4v) is 4.59. The minimum Gasteiger partial charge on any atom is -0.340 e. The first-order valence-corrected chi connectivity index (χ1v) is 9.14. The normalized spacial score (nSPS) is 12.4. The molecule has 1 aliphatic rings. The molecule has 0 spiro atoms. The van der Waals surface area contributed by atoms with Crippen LogP contribution in [0.15, 0.2) is 55.1 Å². The van der Waals surface area contributed by atoms with E-state index in [1.54, 1.807) is 0 Å². The van der Waals surface area contributed by atoms with Crippen LogP contribution in [-0.4, -0.2) is 6.54 Å². The van der Waals surface area contributed by atoms with Crippen molar-refractivity contribution in [3.05, 3.63) is 45.3 Å². The maximum atomic E-state index is 3.58. The number of hydrogen-bond donors (Lipinski definition) is 0. The zero-order valence-electron chi connectivity index (χ0n) is 11.6. The molecule has 2 aromatic rings. The molecular formula is C16H16Br3NS. The molecule has 1 heterocycles. The first-order chi connectivity index (χ1) is 9.69. The van der Waals surface area contributed by atoms with E-state index in [-0.39, 0.29) is 17.0 Å². The Bertz CT molecular complexity index is 594. The summed E-state index contributed by atoms with van der Waals surface area (Å²) in [6.07, 6.45) is 2.41. The van der Waals surface area contributed by atoms with Crippen LogP contribution in [0.3, 0.4) is 0 Å². The van der Waals surface area contributed by atoms with Gasteiger partial charge in [-0.25, -0.2) is 0 Å². The standard InChI is InChI=1S/C16H15Br2NS.BrH/c1-2-3-8-19-13-6-4-11(17)9-15(13)20-16-10-12(18)5-7-14(16)19;/h4-7,9-10H,2-3,8H2,1H3;1H. The smallest absolute Gasteiger partial charge is 0.0553 e. The summed E-state index contributed by atoms with van der Waals surface area (Å²) in [6, 6.07) is 13.1. The van der Waals surface area contributed by atoms with Crippen molar-refractivity contribution in [2.24, 2.45) is 0 Å². The first kappa shape index (κ1) is 17.4. The van der Waals surface area contributed by atoms with Gasteiger partial charge in [0, 0.05) is 25.3 Å². The molecule has 0 bridgehead atoms. The highest BCUT2D eigenvalue weighted by atomic mass is 79.9. The van der Waals surface area contributed by atoms with E-state index < -0.39 is 0 Å². The van der Waals surface area contributed by atoms with Crippen molar-refractivity contribution in [1.29, 1.82) is 0 Å². The van der Waals surface area contributed by atoms with Crippen molar-refractivity contribution in [1.82, 2.24) is 0 Å². The van der Waals surface area contributed by atoms with E-state index in [9.17, 15) is 0 Å². The zero-order chi connectivity index (χ0) is 14.1. The van der Waals surface area contributed by atoms with Gasteiger partial charge in [0.15, 0.2) is 0 Å². The SMILES string of the molecule is Br.CCCCN1c2ccc(Br)cc2Sc2cc(Br)ccc21. The molecule has 1 aliphatic heterocycles. The Hall–Kier alpha value is 0.0300. The molecule has 0 amide bonds. The average Bonchev–Trinajstić information content (AvgIpc) is 2.43. The predicted molar refractivity (Wildman–Crippen MR) is 105 cm³/mol. The van der Waals surface area contributed by atoms with Gasteiger partial charge in [-0.3, -0.25) is 0 Å². The summed E-state index contributed by atoms with van der Waals surface area (Å²) in [6.45, 7) is 3.31. The Morgan fingerprint density at radius 3 is 1.95 bits per heavy atom. The van der Waals surface area contributed by atoms with Gasteiger partial charge in [-0.05, 0) is 42.8 Å². The molecule has 0 aliphatic carbocycles. The van der Waals surface area contributed by atoms with Gasteiger partial charge in [-0.2, -0.15) is 0 Å². The van der Waals surface area contributed by atoms with Gasteiger partial charge in [0.2, 0.25) is 0 Å². The number of anilines is 2. The topological polar surface area (TPSA) is 3.24 Å². The predicted octanol–water partition coefficient (Wildman–Crippen LogP) is 7.19. The third-order valence-corrected chi connectivity index (χ3v) is 5.46. The minimum absolute atomic E-state index is 0. The van der Waals surface area contributed by atoms with Crippen LogP contribution >= 0.6 is 60.6 Å². The van der Waals surface area contributed by atoms with Gasteiger partial charge in [-0.1, -0.05) is 57.0 Å². The van der Waals surface area contributed by atoms with E-state index >= 15 is 0 Å². The third-order valence-electron chi connectivity index (χ3n) is 3.38. The van der Waals surface area contributed by atoms with E-state index in [1.165, 1.54) is 34.0 Å². The summed E-state index contributed by atoms with van der Waals surface area (Å²) in [5.74, 6) is 0. The van der Waals surface area contributed by atoms with Crippen molar-refractivity contribution >= 4 is 72.0 Å². The minimum atomic E-state index is 0. The number of unbranched alkanes of at least 4 members (excludes halogenated alkanes) is 1. The van der Waals surface area contributed by atoms with Crippen LogP contribution in [0.4, 0.5) is 11.4 Å². The second kappa shape index (κ2) is 7.53. The molecule has 0 aromatic heterocycles. The molecule has 0 saturated heterocycles. The van der Waals surface area contributed by atoms with Crippen molar-refractivity contribution < 1.29 is 0 Å². The van der Waals surface area contributed by atoms with Crippen LogP contribution in [0.25, 0.3) is 0 Å². The molecule has 3 rings (SSSR count). The van der Waals surface area contributed by atoms with Crippen LogP contribution in [0.5, 0.6) is 0 Å². The monoisotopic (exact) mass is 491 g/mol. The van der Waals surface area contributed by atoms with Crippen LogP contribution in [0.1, 0.15) is 19.8 Å². The van der Waals surface area contributed by atoms with Gasteiger partial charge < -0.3 is 4.90 Å². The molecule has 0 N–H and O–H groups in total. The highest BCUT2D eigenvalue weighted by Crippen LogP contribution is 2.49. The fourth-order valence-electron chi connectivity index (χ4n) is 2.39. The molecule has 112 valence electrons. The second-order valence-corrected chi connectivity index (χ2v) is 7.75. The third kappa shape index (κ3) is 3.69. The molecule has 2 aromatic carbocycles. The van der Waals surface area contributed by atoms with Crippen LogP contribution in [-0.2, 0) is 0 Å². The molecule has 21 heavy (non-hydrogen) atoms. The number of hydrogen-bond acceptors (Lipinski definition) is 2. The number of rotatable bonds is 3. The highest BCUT2D eigenvalue weighted by molar-refractivity contribution is 9.10. The van der Waals surface area contributed by atoms with Gasteiger partial charge >= 0.3 is 0 Å². The lowest BCUT2D eigenvalue weighted by Crippen LogP contribution is -2.21. The van der Waals surface area contributed by atoms with Gasteiger partial charge in [-0.15, -0.1) is 17.0 Å². The van der Waals surface area contributed by atoms with E-state index in [0.29, 0.717) is 0 Å². The average molecular weight is 494 g/mol. The van der Waals surface area contributed by atoms with Crippen molar-refractivity contribution in [3.63, 3.8) is 0 Å². The Balaban J connectivity index is 0.00000161. The summed E-state index contributed by atoms with van der Waals surface area (Å²) in [4.78, 5) is 5.09. The van der Waals surface area contributed by atoms with Gasteiger partial charge in [0.05, 0.1) is 11.4 Å². The van der Waals surface area contributed by atoms with Crippen molar-refractivity contribution in [3.8, 4) is 0 Å². The molecule has 5 heteroatoms. The second-order valence-electron chi connectivity index (χ2n) is 4.83. The lowest BCUT2D eigenvalue weighted by Gasteiger charge is -2.33. The van der Waals surface area contributed by atoms with Crippen LogP contribution < -0.4 is 4.90 Å². The molecular weight excluding hydrogens is 478 g/mol. The molecule has 0 fully saturated rings. The summed E-state index contributed by atoms with van der Waals surface area (Å²) in [5, 5.41) is 0.